The van der Waals surface area contributed by atoms with E-state index in [9.17, 15) is 0 Å². The molecule has 16 heavy (non-hydrogen) atoms. The Balaban J connectivity index is 2.48. The first-order valence-corrected chi connectivity index (χ1v) is 6.59. The monoisotopic (exact) mass is 296 g/mol. The van der Waals surface area contributed by atoms with Gasteiger partial charge in [0.15, 0.2) is 5.13 Å². The van der Waals surface area contributed by atoms with E-state index in [0.717, 1.165) is 20.9 Å². The lowest BCUT2D eigenvalue weighted by atomic mass is 10.1. The van der Waals surface area contributed by atoms with Crippen LogP contribution in [-0.4, -0.2) is 19.1 Å². The summed E-state index contributed by atoms with van der Waals surface area (Å²) in [6.07, 6.45) is 0. The van der Waals surface area contributed by atoms with Gasteiger partial charge in [0.05, 0.1) is 5.69 Å². The molecule has 0 saturated heterocycles. The van der Waals surface area contributed by atoms with Crippen molar-refractivity contribution >= 4 is 32.4 Å². The lowest BCUT2D eigenvalue weighted by molar-refractivity contribution is 1.11. The molecule has 0 N–H and O–H groups in total. The number of nitrogens with zero attached hydrogens (tertiary/aromatic N) is 2. The number of aryl methyl sites for hydroxylation is 1. The first kappa shape index (κ1) is 11.6. The van der Waals surface area contributed by atoms with Crippen LogP contribution in [0.25, 0.3) is 11.3 Å². The van der Waals surface area contributed by atoms with Gasteiger partial charge in [-0.05, 0) is 19.1 Å². The van der Waals surface area contributed by atoms with E-state index in [-0.39, 0.29) is 0 Å². The maximum absolute atomic E-state index is 4.64. The normalized spacial score (nSPS) is 10.5. The third-order valence-electron chi connectivity index (χ3n) is 2.27. The highest BCUT2D eigenvalue weighted by Crippen LogP contribution is 2.32. The van der Waals surface area contributed by atoms with Crippen LogP contribution in [0.1, 0.15) is 4.88 Å². The highest BCUT2D eigenvalue weighted by atomic mass is 79.9. The number of halogens is 1. The van der Waals surface area contributed by atoms with Gasteiger partial charge in [-0.3, -0.25) is 0 Å². The zero-order valence-corrected chi connectivity index (χ0v) is 11.9. The fourth-order valence-corrected chi connectivity index (χ4v) is 2.73. The number of anilines is 1. The fraction of sp³-hybridized carbons (Fsp3) is 0.250. The summed E-state index contributed by atoms with van der Waals surface area (Å²) in [5.41, 5.74) is 2.24. The minimum atomic E-state index is 1.05. The van der Waals surface area contributed by atoms with Crippen molar-refractivity contribution in [3.05, 3.63) is 33.6 Å². The van der Waals surface area contributed by atoms with E-state index in [1.54, 1.807) is 11.3 Å². The molecule has 0 bridgehead atoms. The quantitative estimate of drug-likeness (QED) is 0.834. The number of benzene rings is 1. The predicted molar refractivity (Wildman–Crippen MR) is 74.3 cm³/mol. The Hall–Kier alpha value is -0.870. The smallest absolute Gasteiger partial charge is 0.185 e. The number of rotatable bonds is 2. The predicted octanol–water partition coefficient (Wildman–Crippen LogP) is 3.95. The summed E-state index contributed by atoms with van der Waals surface area (Å²) in [4.78, 5) is 7.94. The van der Waals surface area contributed by atoms with E-state index < -0.39 is 0 Å². The highest BCUT2D eigenvalue weighted by Gasteiger charge is 2.10. The van der Waals surface area contributed by atoms with Crippen LogP contribution in [0.15, 0.2) is 28.7 Å². The van der Waals surface area contributed by atoms with E-state index >= 15 is 0 Å². The van der Waals surface area contributed by atoms with Crippen molar-refractivity contribution in [1.82, 2.24) is 4.98 Å². The van der Waals surface area contributed by atoms with Crippen molar-refractivity contribution in [3.8, 4) is 11.3 Å². The van der Waals surface area contributed by atoms with Gasteiger partial charge in [-0.1, -0.05) is 28.1 Å². The maximum Gasteiger partial charge on any atom is 0.185 e. The van der Waals surface area contributed by atoms with Gasteiger partial charge in [0.25, 0.3) is 0 Å². The summed E-state index contributed by atoms with van der Waals surface area (Å²) in [6.45, 7) is 2.11. The molecule has 0 atom stereocenters. The van der Waals surface area contributed by atoms with Crippen LogP contribution >= 0.6 is 27.3 Å². The Morgan fingerprint density at radius 1 is 1.31 bits per heavy atom. The average Bonchev–Trinajstić information content (AvgIpc) is 2.60. The lowest BCUT2D eigenvalue weighted by Gasteiger charge is -2.05. The maximum atomic E-state index is 4.64. The van der Waals surface area contributed by atoms with Crippen LogP contribution in [-0.2, 0) is 0 Å². The molecule has 1 aromatic carbocycles. The molecule has 0 aliphatic heterocycles. The Morgan fingerprint density at radius 3 is 2.62 bits per heavy atom. The summed E-state index contributed by atoms with van der Waals surface area (Å²) in [6, 6.07) is 8.25. The molecule has 0 spiro atoms. The van der Waals surface area contributed by atoms with Crippen molar-refractivity contribution in [1.29, 1.82) is 0 Å². The van der Waals surface area contributed by atoms with Gasteiger partial charge in [-0.2, -0.15) is 0 Å². The third-order valence-corrected chi connectivity index (χ3v) is 3.90. The Morgan fingerprint density at radius 2 is 2.06 bits per heavy atom. The van der Waals surface area contributed by atoms with Crippen LogP contribution < -0.4 is 4.90 Å². The molecule has 0 amide bonds. The van der Waals surface area contributed by atoms with Gasteiger partial charge in [-0.25, -0.2) is 4.98 Å². The molecule has 2 rings (SSSR count). The van der Waals surface area contributed by atoms with Gasteiger partial charge < -0.3 is 4.90 Å². The van der Waals surface area contributed by atoms with Gasteiger partial charge in [0.1, 0.15) is 0 Å². The fourth-order valence-electron chi connectivity index (χ4n) is 1.48. The summed E-state index contributed by atoms with van der Waals surface area (Å²) in [7, 11) is 4.03. The molecule has 4 heteroatoms. The molecule has 0 radical (unpaired) electrons. The van der Waals surface area contributed by atoms with Crippen LogP contribution in [0.5, 0.6) is 0 Å². The van der Waals surface area contributed by atoms with Crippen molar-refractivity contribution in [2.24, 2.45) is 0 Å². The van der Waals surface area contributed by atoms with Gasteiger partial charge in [-0.15, -0.1) is 11.3 Å². The second-order valence-corrected chi connectivity index (χ2v) is 5.90. The standard InChI is InChI=1S/C12H13BrN2S/c1-8-11(14-12(16-8)15(2)3)9-5-4-6-10(13)7-9/h4-7H,1-3H3. The van der Waals surface area contributed by atoms with E-state index in [2.05, 4.69) is 40.0 Å². The highest BCUT2D eigenvalue weighted by molar-refractivity contribution is 9.10. The number of hydrogen-bond acceptors (Lipinski definition) is 3. The van der Waals surface area contributed by atoms with Crippen LogP contribution in [0.2, 0.25) is 0 Å². The van der Waals surface area contributed by atoms with E-state index in [1.165, 1.54) is 4.88 Å². The summed E-state index contributed by atoms with van der Waals surface area (Å²) < 4.78 is 1.09. The zero-order valence-electron chi connectivity index (χ0n) is 9.49. The molecule has 0 unspecified atom stereocenters. The minimum Gasteiger partial charge on any atom is -0.354 e. The largest absolute Gasteiger partial charge is 0.354 e. The van der Waals surface area contributed by atoms with Crippen molar-refractivity contribution in [2.45, 2.75) is 6.92 Å². The summed E-state index contributed by atoms with van der Waals surface area (Å²) >= 11 is 5.21. The molecule has 0 aliphatic rings. The molecule has 1 heterocycles. The van der Waals surface area contributed by atoms with E-state index in [1.807, 2.05) is 31.1 Å². The lowest BCUT2D eigenvalue weighted by Crippen LogP contribution is -2.07. The van der Waals surface area contributed by atoms with Crippen LogP contribution in [0.3, 0.4) is 0 Å². The second kappa shape index (κ2) is 4.55. The Bertz CT molecular complexity index is 505. The molecule has 0 saturated carbocycles. The average molecular weight is 297 g/mol. The van der Waals surface area contributed by atoms with Gasteiger partial charge >= 0.3 is 0 Å². The van der Waals surface area contributed by atoms with E-state index in [0.29, 0.717) is 0 Å². The SMILES string of the molecule is Cc1sc(N(C)C)nc1-c1cccc(Br)c1. The molecular weight excluding hydrogens is 284 g/mol. The topological polar surface area (TPSA) is 16.1 Å². The van der Waals surface area contributed by atoms with Gasteiger partial charge in [0, 0.05) is 29.0 Å². The van der Waals surface area contributed by atoms with E-state index in [4.69, 9.17) is 0 Å². The molecular formula is C12H13BrN2S. The van der Waals surface area contributed by atoms with Crippen molar-refractivity contribution in [3.63, 3.8) is 0 Å². The first-order valence-electron chi connectivity index (χ1n) is 4.98. The molecule has 84 valence electrons. The molecule has 1 aromatic heterocycles. The first-order chi connectivity index (χ1) is 7.58. The molecule has 0 aliphatic carbocycles. The van der Waals surface area contributed by atoms with Crippen LogP contribution in [0.4, 0.5) is 5.13 Å². The minimum absolute atomic E-state index is 1.05. The Kier molecular flexibility index (Phi) is 3.30. The molecule has 2 nitrogen and oxygen atoms in total. The Labute approximate surface area is 108 Å². The van der Waals surface area contributed by atoms with Crippen LogP contribution in [0, 0.1) is 6.92 Å². The molecule has 2 aromatic rings. The number of aromatic nitrogens is 1. The second-order valence-electron chi connectivity index (χ2n) is 3.81. The molecule has 0 fully saturated rings. The van der Waals surface area contributed by atoms with Gasteiger partial charge in [0.2, 0.25) is 0 Å². The summed E-state index contributed by atoms with van der Waals surface area (Å²) in [5.74, 6) is 0. The number of hydrogen-bond donors (Lipinski definition) is 0. The number of thiazole rings is 1. The van der Waals surface area contributed by atoms with Crippen molar-refractivity contribution < 1.29 is 0 Å². The van der Waals surface area contributed by atoms with Crippen molar-refractivity contribution in [2.75, 3.05) is 19.0 Å². The third kappa shape index (κ3) is 2.28. The summed E-state index contributed by atoms with van der Waals surface area (Å²) in [5, 5.41) is 1.05. The zero-order chi connectivity index (χ0) is 11.7.